The Bertz CT molecular complexity index is 894. The van der Waals surface area contributed by atoms with Gasteiger partial charge < -0.3 is 20.1 Å². The summed E-state index contributed by atoms with van der Waals surface area (Å²) in [6, 6.07) is 8.50. The van der Waals surface area contributed by atoms with Gasteiger partial charge >= 0.3 is 0 Å². The molecule has 9 nitrogen and oxygen atoms in total. The number of anilines is 1. The number of aliphatic imine (C=N–C) groups is 1. The van der Waals surface area contributed by atoms with Gasteiger partial charge in [-0.05, 0) is 31.2 Å². The van der Waals surface area contributed by atoms with E-state index in [0.29, 0.717) is 30.6 Å². The predicted molar refractivity (Wildman–Crippen MR) is 124 cm³/mol. The summed E-state index contributed by atoms with van der Waals surface area (Å²) in [4.78, 5) is 8.07. The standard InChI is InChI=1S/C18H25N5O4S.HI/c1-4-27-17-12-14(7-8-16(17)26-3)23-18(19-2)21-10-11-22-28(24,25)15-6-5-9-20-13-15;/h5-9,12-13,22H,4,10-11H2,1-3H3,(H2,19,21,23);1H. The fraction of sp³-hybridized carbons (Fsp3) is 0.333. The molecule has 0 radical (unpaired) electrons. The Labute approximate surface area is 188 Å². The SMILES string of the molecule is CCOc1cc(NC(=NC)NCCNS(=O)(=O)c2cccnc2)ccc1OC.I. The third-order valence-corrected chi connectivity index (χ3v) is 5.05. The molecule has 3 N–H and O–H groups in total. The third-order valence-electron chi connectivity index (χ3n) is 3.60. The number of rotatable bonds is 9. The topological polar surface area (TPSA) is 114 Å². The van der Waals surface area contributed by atoms with Crippen LogP contribution in [0, 0.1) is 0 Å². The Morgan fingerprint density at radius 3 is 2.62 bits per heavy atom. The fourth-order valence-corrected chi connectivity index (χ4v) is 3.29. The average Bonchev–Trinajstić information content (AvgIpc) is 2.71. The molecule has 0 aliphatic rings. The Morgan fingerprint density at radius 1 is 1.21 bits per heavy atom. The molecule has 1 aromatic carbocycles. The van der Waals surface area contributed by atoms with Crippen molar-refractivity contribution in [3.63, 3.8) is 0 Å². The third kappa shape index (κ3) is 7.66. The molecule has 0 amide bonds. The second-order valence-electron chi connectivity index (χ2n) is 5.51. The normalized spacial score (nSPS) is 11.3. The smallest absolute Gasteiger partial charge is 0.242 e. The number of halogens is 1. The first kappa shape index (κ1) is 24.9. The van der Waals surface area contributed by atoms with Crippen molar-refractivity contribution in [1.29, 1.82) is 0 Å². The molecule has 0 bridgehead atoms. The first-order chi connectivity index (χ1) is 13.5. The van der Waals surface area contributed by atoms with Crippen molar-refractivity contribution >= 4 is 45.6 Å². The first-order valence-electron chi connectivity index (χ1n) is 8.68. The molecular weight excluding hydrogens is 509 g/mol. The van der Waals surface area contributed by atoms with Gasteiger partial charge in [0.1, 0.15) is 4.90 Å². The molecule has 0 saturated carbocycles. The summed E-state index contributed by atoms with van der Waals surface area (Å²) in [6.07, 6.45) is 2.82. The fourth-order valence-electron chi connectivity index (χ4n) is 2.29. The summed E-state index contributed by atoms with van der Waals surface area (Å²) in [5.41, 5.74) is 0.758. The molecule has 11 heteroatoms. The molecule has 0 saturated heterocycles. The lowest BCUT2D eigenvalue weighted by atomic mass is 10.2. The zero-order chi connectivity index (χ0) is 20.4. The number of hydrogen-bond acceptors (Lipinski definition) is 6. The summed E-state index contributed by atoms with van der Waals surface area (Å²) >= 11 is 0. The summed E-state index contributed by atoms with van der Waals surface area (Å²) in [5.74, 6) is 1.75. The van der Waals surface area contributed by atoms with E-state index in [1.165, 1.54) is 18.5 Å². The maximum atomic E-state index is 12.1. The maximum Gasteiger partial charge on any atom is 0.242 e. The van der Waals surface area contributed by atoms with Gasteiger partial charge in [0, 0.05) is 44.3 Å². The summed E-state index contributed by atoms with van der Waals surface area (Å²) in [5, 5.41) is 6.17. The quantitative estimate of drug-likeness (QED) is 0.195. The Kier molecular flexibility index (Phi) is 10.7. The van der Waals surface area contributed by atoms with E-state index in [2.05, 4.69) is 25.3 Å². The highest BCUT2D eigenvalue weighted by molar-refractivity contribution is 14.0. The summed E-state index contributed by atoms with van der Waals surface area (Å²) in [6.45, 7) is 2.94. The van der Waals surface area contributed by atoms with Gasteiger partial charge in [0.15, 0.2) is 17.5 Å². The Hall–Kier alpha value is -2.12. The lowest BCUT2D eigenvalue weighted by molar-refractivity contribution is 0.311. The Morgan fingerprint density at radius 2 is 2.00 bits per heavy atom. The van der Waals surface area contributed by atoms with Gasteiger partial charge in [-0.2, -0.15) is 0 Å². The van der Waals surface area contributed by atoms with Gasteiger partial charge in [0.2, 0.25) is 10.0 Å². The number of ether oxygens (including phenoxy) is 2. The van der Waals surface area contributed by atoms with Crippen molar-refractivity contribution in [1.82, 2.24) is 15.0 Å². The molecule has 0 fully saturated rings. The van der Waals surface area contributed by atoms with E-state index in [4.69, 9.17) is 9.47 Å². The number of guanidine groups is 1. The van der Waals surface area contributed by atoms with Gasteiger partial charge in [0.25, 0.3) is 0 Å². The molecule has 0 aliphatic heterocycles. The van der Waals surface area contributed by atoms with Crippen molar-refractivity contribution in [3.05, 3.63) is 42.7 Å². The number of nitrogens with zero attached hydrogens (tertiary/aromatic N) is 2. The van der Waals surface area contributed by atoms with Crippen LogP contribution in [-0.4, -0.2) is 53.2 Å². The van der Waals surface area contributed by atoms with Crippen LogP contribution >= 0.6 is 24.0 Å². The van der Waals surface area contributed by atoms with Crippen LogP contribution in [0.1, 0.15) is 6.92 Å². The number of methoxy groups -OCH3 is 1. The number of aromatic nitrogens is 1. The minimum atomic E-state index is -3.59. The van der Waals surface area contributed by atoms with E-state index in [1.807, 2.05) is 13.0 Å². The zero-order valence-electron chi connectivity index (χ0n) is 16.5. The molecule has 160 valence electrons. The minimum absolute atomic E-state index is 0. The second-order valence-corrected chi connectivity index (χ2v) is 7.28. The Balaban J connectivity index is 0.00000420. The van der Waals surface area contributed by atoms with Crippen LogP contribution in [0.5, 0.6) is 11.5 Å². The number of benzene rings is 1. The lowest BCUT2D eigenvalue weighted by Gasteiger charge is -2.15. The van der Waals surface area contributed by atoms with E-state index in [1.54, 1.807) is 32.4 Å². The van der Waals surface area contributed by atoms with Crippen LogP contribution in [0.15, 0.2) is 52.6 Å². The molecule has 0 spiro atoms. The van der Waals surface area contributed by atoms with Crippen LogP contribution in [0.2, 0.25) is 0 Å². The zero-order valence-corrected chi connectivity index (χ0v) is 19.7. The molecular formula is C18H26IN5O4S. The van der Waals surface area contributed by atoms with Gasteiger partial charge in [-0.25, -0.2) is 13.1 Å². The lowest BCUT2D eigenvalue weighted by Crippen LogP contribution is -2.37. The highest BCUT2D eigenvalue weighted by Crippen LogP contribution is 2.30. The molecule has 2 aromatic rings. The number of nitrogens with one attached hydrogen (secondary N) is 3. The van der Waals surface area contributed by atoms with Gasteiger partial charge in [0.05, 0.1) is 13.7 Å². The second kappa shape index (κ2) is 12.4. The van der Waals surface area contributed by atoms with E-state index in [-0.39, 0.29) is 35.4 Å². The molecule has 0 aliphatic carbocycles. The average molecular weight is 535 g/mol. The highest BCUT2D eigenvalue weighted by atomic mass is 127. The number of pyridine rings is 1. The number of sulfonamides is 1. The first-order valence-corrected chi connectivity index (χ1v) is 10.2. The van der Waals surface area contributed by atoms with E-state index in [0.717, 1.165) is 5.69 Å². The molecule has 1 heterocycles. The van der Waals surface area contributed by atoms with Gasteiger partial charge in [-0.15, -0.1) is 24.0 Å². The van der Waals surface area contributed by atoms with E-state index in [9.17, 15) is 8.42 Å². The van der Waals surface area contributed by atoms with Crippen LogP contribution < -0.4 is 24.8 Å². The van der Waals surface area contributed by atoms with Crippen molar-refractivity contribution in [2.45, 2.75) is 11.8 Å². The summed E-state index contributed by atoms with van der Waals surface area (Å²) in [7, 11) is -0.378. The van der Waals surface area contributed by atoms with Crippen molar-refractivity contribution < 1.29 is 17.9 Å². The molecule has 2 rings (SSSR count). The molecule has 1 aromatic heterocycles. The van der Waals surface area contributed by atoms with Crippen molar-refractivity contribution in [2.75, 3.05) is 39.2 Å². The molecule has 0 atom stereocenters. The van der Waals surface area contributed by atoms with E-state index < -0.39 is 10.0 Å². The van der Waals surface area contributed by atoms with Gasteiger partial charge in [-0.1, -0.05) is 0 Å². The van der Waals surface area contributed by atoms with Crippen LogP contribution in [0.4, 0.5) is 5.69 Å². The van der Waals surface area contributed by atoms with E-state index >= 15 is 0 Å². The van der Waals surface area contributed by atoms with Crippen molar-refractivity contribution in [3.8, 4) is 11.5 Å². The number of hydrogen-bond donors (Lipinski definition) is 3. The summed E-state index contributed by atoms with van der Waals surface area (Å²) < 4.78 is 37.6. The van der Waals surface area contributed by atoms with Crippen LogP contribution in [0.25, 0.3) is 0 Å². The molecule has 0 unspecified atom stereocenters. The van der Waals surface area contributed by atoms with Crippen LogP contribution in [-0.2, 0) is 10.0 Å². The van der Waals surface area contributed by atoms with Crippen LogP contribution in [0.3, 0.4) is 0 Å². The largest absolute Gasteiger partial charge is 0.493 e. The predicted octanol–water partition coefficient (Wildman–Crippen LogP) is 2.07. The van der Waals surface area contributed by atoms with Crippen molar-refractivity contribution in [2.24, 2.45) is 4.99 Å². The van der Waals surface area contributed by atoms with Gasteiger partial charge in [-0.3, -0.25) is 9.98 Å². The minimum Gasteiger partial charge on any atom is -0.493 e. The molecule has 29 heavy (non-hydrogen) atoms. The highest BCUT2D eigenvalue weighted by Gasteiger charge is 2.13. The maximum absolute atomic E-state index is 12.1. The monoisotopic (exact) mass is 535 g/mol.